The van der Waals surface area contributed by atoms with Gasteiger partial charge in [0, 0.05) is 22.6 Å². The number of thioether (sulfide) groups is 1. The molecule has 0 amide bonds. The molecule has 0 saturated heterocycles. The lowest BCUT2D eigenvalue weighted by atomic mass is 10.1. The molecule has 0 heterocycles. The van der Waals surface area contributed by atoms with Crippen molar-refractivity contribution >= 4 is 22.5 Å². The summed E-state index contributed by atoms with van der Waals surface area (Å²) in [5.74, 6) is 1.48. The zero-order valence-corrected chi connectivity index (χ0v) is 10.6. The van der Waals surface area contributed by atoms with E-state index in [0.717, 1.165) is 21.4 Å². The number of aliphatic hydroxyl groups is 1. The number of rotatable bonds is 4. The fourth-order valence-electron chi connectivity index (χ4n) is 1.67. The lowest BCUT2D eigenvalue weighted by Gasteiger charge is -2.10. The van der Waals surface area contributed by atoms with Gasteiger partial charge in [-0.2, -0.15) is 0 Å². The lowest BCUT2D eigenvalue weighted by Crippen LogP contribution is -2.03. The molecule has 0 radical (unpaired) electrons. The van der Waals surface area contributed by atoms with Crippen LogP contribution < -0.4 is 0 Å². The molecule has 0 saturated carbocycles. The van der Waals surface area contributed by atoms with Gasteiger partial charge in [-0.15, -0.1) is 11.8 Å². The van der Waals surface area contributed by atoms with Crippen LogP contribution in [-0.2, 0) is 0 Å². The summed E-state index contributed by atoms with van der Waals surface area (Å²) in [5, 5.41) is 20.7. The average Bonchev–Trinajstić information content (AvgIpc) is 2.38. The number of benzene rings is 2. The zero-order valence-electron chi connectivity index (χ0n) is 9.76. The molecule has 0 bridgehead atoms. The van der Waals surface area contributed by atoms with Crippen LogP contribution in [0.3, 0.4) is 0 Å². The van der Waals surface area contributed by atoms with Crippen molar-refractivity contribution in [1.82, 2.24) is 0 Å². The van der Waals surface area contributed by atoms with E-state index in [1.54, 1.807) is 17.8 Å². The predicted octanol–water partition coefficient (Wildman–Crippen LogP) is 3.27. The van der Waals surface area contributed by atoms with Crippen LogP contribution in [0.4, 0.5) is 0 Å². The molecule has 2 nitrogen and oxygen atoms in total. The second kappa shape index (κ2) is 5.43. The number of hydrogen-bond acceptors (Lipinski definition) is 3. The van der Waals surface area contributed by atoms with Gasteiger partial charge >= 0.3 is 0 Å². The maximum absolute atomic E-state index is 9.77. The van der Waals surface area contributed by atoms with Crippen LogP contribution in [0.5, 0.6) is 5.75 Å². The van der Waals surface area contributed by atoms with Gasteiger partial charge in [-0.3, -0.25) is 0 Å². The van der Waals surface area contributed by atoms with Crippen LogP contribution >= 0.6 is 11.8 Å². The van der Waals surface area contributed by atoms with E-state index < -0.39 is 0 Å². The Balaban J connectivity index is 2.32. The molecule has 3 heteroatoms. The standard InChI is InChI=1S/C14H16O2S/c1-10(8-15)9-17-14-7-6-13(16)11-4-2-3-5-12(11)14/h2-7,10,15-16H,8-9H2,1H3. The molecule has 0 spiro atoms. The van der Waals surface area contributed by atoms with Crippen molar-refractivity contribution in [3.8, 4) is 5.75 Å². The summed E-state index contributed by atoms with van der Waals surface area (Å²) in [6, 6.07) is 11.5. The van der Waals surface area contributed by atoms with Crippen molar-refractivity contribution in [2.24, 2.45) is 5.92 Å². The zero-order chi connectivity index (χ0) is 12.3. The van der Waals surface area contributed by atoms with E-state index in [0.29, 0.717) is 5.75 Å². The molecule has 90 valence electrons. The van der Waals surface area contributed by atoms with Gasteiger partial charge in [-0.25, -0.2) is 0 Å². The predicted molar refractivity (Wildman–Crippen MR) is 72.6 cm³/mol. The molecular weight excluding hydrogens is 232 g/mol. The molecule has 0 aromatic heterocycles. The maximum Gasteiger partial charge on any atom is 0.123 e. The molecular formula is C14H16O2S. The number of aromatic hydroxyl groups is 1. The van der Waals surface area contributed by atoms with Gasteiger partial charge in [0.2, 0.25) is 0 Å². The van der Waals surface area contributed by atoms with Gasteiger partial charge in [0.15, 0.2) is 0 Å². The van der Waals surface area contributed by atoms with Gasteiger partial charge in [-0.1, -0.05) is 31.2 Å². The Labute approximate surface area is 105 Å². The van der Waals surface area contributed by atoms with E-state index in [2.05, 4.69) is 0 Å². The summed E-state index contributed by atoms with van der Waals surface area (Å²) in [7, 11) is 0. The SMILES string of the molecule is CC(CO)CSc1ccc(O)c2ccccc12. The smallest absolute Gasteiger partial charge is 0.123 e. The number of aliphatic hydroxyl groups excluding tert-OH is 1. The van der Waals surface area contributed by atoms with E-state index in [1.165, 1.54) is 0 Å². The second-order valence-corrected chi connectivity index (χ2v) is 5.29. The summed E-state index contributed by atoms with van der Waals surface area (Å²) in [5.41, 5.74) is 0. The third-order valence-electron chi connectivity index (χ3n) is 2.70. The van der Waals surface area contributed by atoms with Gasteiger partial charge in [0.05, 0.1) is 0 Å². The molecule has 17 heavy (non-hydrogen) atoms. The van der Waals surface area contributed by atoms with Crippen molar-refractivity contribution in [3.05, 3.63) is 36.4 Å². The van der Waals surface area contributed by atoms with Crippen LogP contribution in [-0.4, -0.2) is 22.6 Å². The number of hydrogen-bond donors (Lipinski definition) is 2. The quantitative estimate of drug-likeness (QED) is 0.816. The molecule has 0 fully saturated rings. The summed E-state index contributed by atoms with van der Waals surface area (Å²) in [4.78, 5) is 1.15. The first-order valence-electron chi connectivity index (χ1n) is 5.66. The highest BCUT2D eigenvalue weighted by molar-refractivity contribution is 7.99. The second-order valence-electron chi connectivity index (χ2n) is 4.23. The number of phenols is 1. The molecule has 1 unspecified atom stereocenters. The van der Waals surface area contributed by atoms with Gasteiger partial charge < -0.3 is 10.2 Å². The number of phenolic OH excluding ortho intramolecular Hbond substituents is 1. The van der Waals surface area contributed by atoms with Gasteiger partial charge in [0.25, 0.3) is 0 Å². The highest BCUT2D eigenvalue weighted by Crippen LogP contribution is 2.33. The Morgan fingerprint density at radius 3 is 2.53 bits per heavy atom. The Bertz CT molecular complexity index is 511. The van der Waals surface area contributed by atoms with Crippen LogP contribution in [0, 0.1) is 5.92 Å². The summed E-state index contributed by atoms with van der Waals surface area (Å²) in [6.07, 6.45) is 0. The Kier molecular flexibility index (Phi) is 3.92. The van der Waals surface area contributed by atoms with Crippen LogP contribution in [0.2, 0.25) is 0 Å². The topological polar surface area (TPSA) is 40.5 Å². The molecule has 2 N–H and O–H groups in total. The van der Waals surface area contributed by atoms with E-state index >= 15 is 0 Å². The molecule has 2 rings (SSSR count). The minimum absolute atomic E-state index is 0.211. The normalized spacial score (nSPS) is 12.8. The first-order chi connectivity index (χ1) is 8.22. The van der Waals surface area contributed by atoms with E-state index in [-0.39, 0.29) is 12.5 Å². The van der Waals surface area contributed by atoms with E-state index in [9.17, 15) is 5.11 Å². The van der Waals surface area contributed by atoms with Gasteiger partial charge in [-0.05, 0) is 23.4 Å². The minimum Gasteiger partial charge on any atom is -0.507 e. The fourth-order valence-corrected chi connectivity index (χ4v) is 2.73. The molecule has 2 aromatic rings. The minimum atomic E-state index is 0.211. The Morgan fingerprint density at radius 2 is 1.82 bits per heavy atom. The number of fused-ring (bicyclic) bond motifs is 1. The first-order valence-corrected chi connectivity index (χ1v) is 6.65. The van der Waals surface area contributed by atoms with Crippen LogP contribution in [0.15, 0.2) is 41.3 Å². The van der Waals surface area contributed by atoms with E-state index in [1.807, 2.05) is 37.3 Å². The highest BCUT2D eigenvalue weighted by atomic mass is 32.2. The van der Waals surface area contributed by atoms with Gasteiger partial charge in [0.1, 0.15) is 5.75 Å². The Morgan fingerprint density at radius 1 is 1.12 bits per heavy atom. The summed E-state index contributed by atoms with van der Waals surface area (Å²) in [6.45, 7) is 2.23. The monoisotopic (exact) mass is 248 g/mol. The summed E-state index contributed by atoms with van der Waals surface area (Å²) < 4.78 is 0. The third kappa shape index (κ3) is 2.73. The van der Waals surface area contributed by atoms with Crippen molar-refractivity contribution < 1.29 is 10.2 Å². The van der Waals surface area contributed by atoms with E-state index in [4.69, 9.17) is 5.11 Å². The molecule has 2 aromatic carbocycles. The van der Waals surface area contributed by atoms with Crippen molar-refractivity contribution in [2.75, 3.05) is 12.4 Å². The highest BCUT2D eigenvalue weighted by Gasteiger charge is 2.07. The van der Waals surface area contributed by atoms with Crippen molar-refractivity contribution in [3.63, 3.8) is 0 Å². The third-order valence-corrected chi connectivity index (χ3v) is 4.10. The molecule has 1 atom stereocenters. The van der Waals surface area contributed by atoms with Crippen molar-refractivity contribution in [2.45, 2.75) is 11.8 Å². The first kappa shape index (κ1) is 12.3. The lowest BCUT2D eigenvalue weighted by molar-refractivity contribution is 0.250. The summed E-state index contributed by atoms with van der Waals surface area (Å²) >= 11 is 1.72. The van der Waals surface area contributed by atoms with Crippen molar-refractivity contribution in [1.29, 1.82) is 0 Å². The fraction of sp³-hybridized carbons (Fsp3) is 0.286. The molecule has 0 aliphatic heterocycles. The van der Waals surface area contributed by atoms with Crippen LogP contribution in [0.1, 0.15) is 6.92 Å². The Hall–Kier alpha value is -1.19. The molecule has 0 aliphatic rings. The molecule has 0 aliphatic carbocycles. The maximum atomic E-state index is 9.77. The largest absolute Gasteiger partial charge is 0.507 e. The van der Waals surface area contributed by atoms with Crippen LogP contribution in [0.25, 0.3) is 10.8 Å². The average molecular weight is 248 g/mol.